The first-order valence-corrected chi connectivity index (χ1v) is 9.15. The summed E-state index contributed by atoms with van der Waals surface area (Å²) < 4.78 is 0. The molecule has 0 saturated carbocycles. The molecule has 2 aromatic rings. The monoisotopic (exact) mass is 371 g/mol. The van der Waals surface area contributed by atoms with E-state index in [2.05, 4.69) is 27.1 Å². The number of anilines is 3. The molecule has 0 atom stereocenters. The maximum absolute atomic E-state index is 11.5. The van der Waals surface area contributed by atoms with E-state index in [0.29, 0.717) is 31.4 Å². The Labute approximate surface area is 158 Å². The van der Waals surface area contributed by atoms with Crippen LogP contribution in [-0.2, 0) is 6.42 Å². The van der Waals surface area contributed by atoms with Crippen LogP contribution in [0.2, 0.25) is 0 Å². The van der Waals surface area contributed by atoms with Gasteiger partial charge in [-0.1, -0.05) is 37.3 Å². The van der Waals surface area contributed by atoms with Crippen molar-refractivity contribution in [1.29, 1.82) is 0 Å². The van der Waals surface area contributed by atoms with Crippen molar-refractivity contribution in [2.75, 3.05) is 55.2 Å². The normalized spacial score (nSPS) is 14.9. The number of hydrogen-bond acceptors (Lipinski definition) is 8. The quantitative estimate of drug-likeness (QED) is 0.559. The molecule has 9 heteroatoms. The van der Waals surface area contributed by atoms with E-state index in [0.717, 1.165) is 26.1 Å². The fraction of sp³-hybridized carbons (Fsp3) is 0.444. The van der Waals surface area contributed by atoms with Crippen LogP contribution in [-0.4, -0.2) is 59.1 Å². The van der Waals surface area contributed by atoms with Crippen molar-refractivity contribution in [2.24, 2.45) is 0 Å². The van der Waals surface area contributed by atoms with Crippen molar-refractivity contribution in [3.63, 3.8) is 0 Å². The molecule has 1 aliphatic rings. The molecule has 27 heavy (non-hydrogen) atoms. The second-order valence-corrected chi connectivity index (χ2v) is 6.45. The smallest absolute Gasteiger partial charge is 0.353 e. The number of nitro groups is 1. The van der Waals surface area contributed by atoms with E-state index >= 15 is 0 Å². The molecule has 0 amide bonds. The number of nitrogens with two attached hydrogens (primary N) is 1. The fourth-order valence-electron chi connectivity index (χ4n) is 3.17. The lowest BCUT2D eigenvalue weighted by Gasteiger charge is -2.34. The molecule has 0 bridgehead atoms. The molecular formula is C18H25N7O2. The molecule has 0 radical (unpaired) electrons. The third-order valence-corrected chi connectivity index (χ3v) is 4.73. The lowest BCUT2D eigenvalue weighted by atomic mass is 10.1. The lowest BCUT2D eigenvalue weighted by Crippen LogP contribution is -2.46. The molecule has 3 N–H and O–H groups in total. The van der Waals surface area contributed by atoms with E-state index in [1.165, 1.54) is 5.56 Å². The number of aromatic nitrogens is 2. The Bertz CT molecular complexity index is 777. The van der Waals surface area contributed by atoms with Crippen LogP contribution < -0.4 is 16.0 Å². The average molecular weight is 371 g/mol. The summed E-state index contributed by atoms with van der Waals surface area (Å²) in [5.74, 6) is 0.512. The van der Waals surface area contributed by atoms with E-state index in [1.54, 1.807) is 0 Å². The van der Waals surface area contributed by atoms with E-state index < -0.39 is 4.92 Å². The first-order valence-electron chi connectivity index (χ1n) is 9.15. The fourth-order valence-corrected chi connectivity index (χ4v) is 3.17. The third-order valence-electron chi connectivity index (χ3n) is 4.73. The van der Waals surface area contributed by atoms with E-state index in [1.807, 2.05) is 35.2 Å². The van der Waals surface area contributed by atoms with E-state index in [-0.39, 0.29) is 11.5 Å². The predicted molar refractivity (Wildman–Crippen MR) is 106 cm³/mol. The SMILES string of the molecule is CCN1CCN(c2nc(NCCc3ccccc3)nc(N)c2[N+](=O)[O-])CC1. The van der Waals surface area contributed by atoms with Crippen LogP contribution >= 0.6 is 0 Å². The zero-order valence-corrected chi connectivity index (χ0v) is 15.5. The molecule has 1 aliphatic heterocycles. The van der Waals surface area contributed by atoms with Gasteiger partial charge in [0.15, 0.2) is 0 Å². The molecule has 3 rings (SSSR count). The molecule has 144 valence electrons. The summed E-state index contributed by atoms with van der Waals surface area (Å²) in [5, 5.41) is 14.6. The Balaban J connectivity index is 1.75. The molecule has 1 saturated heterocycles. The highest BCUT2D eigenvalue weighted by Gasteiger charge is 2.29. The molecule has 1 aromatic carbocycles. The summed E-state index contributed by atoms with van der Waals surface area (Å²) in [4.78, 5) is 23.7. The predicted octanol–water partition coefficient (Wildman–Crippen LogP) is 1.76. The number of nitrogens with zero attached hydrogens (tertiary/aromatic N) is 5. The highest BCUT2D eigenvalue weighted by atomic mass is 16.6. The van der Waals surface area contributed by atoms with E-state index in [9.17, 15) is 10.1 Å². The summed E-state index contributed by atoms with van der Waals surface area (Å²) >= 11 is 0. The van der Waals surface area contributed by atoms with Gasteiger partial charge in [0.2, 0.25) is 17.6 Å². The minimum absolute atomic E-state index is 0.106. The summed E-state index contributed by atoms with van der Waals surface area (Å²) in [6.07, 6.45) is 0.797. The summed E-state index contributed by atoms with van der Waals surface area (Å²) in [5.41, 5.74) is 6.87. The molecule has 1 fully saturated rings. The van der Waals surface area contributed by atoms with Crippen molar-refractivity contribution in [3.8, 4) is 0 Å². The summed E-state index contributed by atoms with van der Waals surface area (Å²) in [7, 11) is 0. The van der Waals surface area contributed by atoms with Gasteiger partial charge >= 0.3 is 5.69 Å². The lowest BCUT2D eigenvalue weighted by molar-refractivity contribution is -0.383. The van der Waals surface area contributed by atoms with Gasteiger partial charge in [0.05, 0.1) is 4.92 Å². The molecule has 0 aliphatic carbocycles. The number of nitrogens with one attached hydrogen (secondary N) is 1. The Hall–Kier alpha value is -2.94. The summed E-state index contributed by atoms with van der Waals surface area (Å²) in [6.45, 7) is 6.72. The van der Waals surface area contributed by atoms with Crippen LogP contribution in [0.4, 0.5) is 23.3 Å². The topological polar surface area (TPSA) is 113 Å². The van der Waals surface area contributed by atoms with Crippen LogP contribution in [0.5, 0.6) is 0 Å². The third kappa shape index (κ3) is 4.62. The van der Waals surface area contributed by atoms with Gasteiger partial charge in [-0.25, -0.2) is 0 Å². The van der Waals surface area contributed by atoms with E-state index in [4.69, 9.17) is 5.73 Å². The van der Waals surface area contributed by atoms with Crippen molar-refractivity contribution in [3.05, 3.63) is 46.0 Å². The molecule has 9 nitrogen and oxygen atoms in total. The van der Waals surface area contributed by atoms with Crippen molar-refractivity contribution >= 4 is 23.3 Å². The second-order valence-electron chi connectivity index (χ2n) is 6.45. The van der Waals surface area contributed by atoms with Gasteiger partial charge in [-0.05, 0) is 18.5 Å². The van der Waals surface area contributed by atoms with Crippen molar-refractivity contribution in [2.45, 2.75) is 13.3 Å². The molecule has 0 unspecified atom stereocenters. The number of rotatable bonds is 7. The highest BCUT2D eigenvalue weighted by Crippen LogP contribution is 2.32. The van der Waals surface area contributed by atoms with Gasteiger partial charge in [-0.15, -0.1) is 0 Å². The average Bonchev–Trinajstić information content (AvgIpc) is 2.68. The van der Waals surface area contributed by atoms with Gasteiger partial charge in [0, 0.05) is 32.7 Å². The standard InChI is InChI=1S/C18H25N7O2/c1-2-23-10-12-24(13-11-23)17-15(25(26)27)16(19)21-18(22-17)20-9-8-14-6-4-3-5-7-14/h3-7H,2,8-13H2,1H3,(H3,19,20,21,22). The summed E-state index contributed by atoms with van der Waals surface area (Å²) in [6, 6.07) is 10.0. The Kier molecular flexibility index (Phi) is 6.02. The number of likely N-dealkylation sites (N-methyl/N-ethyl adjacent to an activating group) is 1. The molecular weight excluding hydrogens is 346 g/mol. The largest absolute Gasteiger partial charge is 0.378 e. The maximum Gasteiger partial charge on any atom is 0.353 e. The molecule has 2 heterocycles. The van der Waals surface area contributed by atoms with Crippen LogP contribution in [0, 0.1) is 10.1 Å². The Morgan fingerprint density at radius 3 is 2.52 bits per heavy atom. The minimum Gasteiger partial charge on any atom is -0.378 e. The minimum atomic E-state index is -0.495. The Morgan fingerprint density at radius 2 is 1.89 bits per heavy atom. The number of piperazine rings is 1. The van der Waals surface area contributed by atoms with Crippen molar-refractivity contribution in [1.82, 2.24) is 14.9 Å². The zero-order valence-electron chi connectivity index (χ0n) is 15.5. The number of benzene rings is 1. The van der Waals surface area contributed by atoms with Crippen LogP contribution in [0.1, 0.15) is 12.5 Å². The first-order chi connectivity index (χ1) is 13.1. The highest BCUT2D eigenvalue weighted by molar-refractivity contribution is 5.71. The van der Waals surface area contributed by atoms with Crippen LogP contribution in [0.3, 0.4) is 0 Å². The first kappa shape index (κ1) is 18.8. The van der Waals surface area contributed by atoms with Gasteiger partial charge in [-0.3, -0.25) is 10.1 Å². The van der Waals surface area contributed by atoms with Crippen LogP contribution in [0.15, 0.2) is 30.3 Å². The van der Waals surface area contributed by atoms with Crippen molar-refractivity contribution < 1.29 is 4.92 Å². The van der Waals surface area contributed by atoms with Gasteiger partial charge < -0.3 is 20.9 Å². The number of nitrogen functional groups attached to an aromatic ring is 1. The number of hydrogen-bond donors (Lipinski definition) is 2. The Morgan fingerprint density at radius 1 is 1.19 bits per heavy atom. The molecule has 0 spiro atoms. The van der Waals surface area contributed by atoms with Crippen LogP contribution in [0.25, 0.3) is 0 Å². The zero-order chi connectivity index (χ0) is 19.2. The van der Waals surface area contributed by atoms with Gasteiger partial charge in [0.1, 0.15) is 0 Å². The maximum atomic E-state index is 11.5. The molecule has 1 aromatic heterocycles. The second kappa shape index (κ2) is 8.63. The van der Waals surface area contributed by atoms with Gasteiger partial charge in [0.25, 0.3) is 0 Å². The van der Waals surface area contributed by atoms with Gasteiger partial charge in [-0.2, -0.15) is 9.97 Å².